The van der Waals surface area contributed by atoms with Gasteiger partial charge in [0.15, 0.2) is 0 Å². The zero-order chi connectivity index (χ0) is 17.7. The third-order valence-electron chi connectivity index (χ3n) is 4.05. The van der Waals surface area contributed by atoms with E-state index in [-0.39, 0.29) is 18.1 Å². The fourth-order valence-corrected chi connectivity index (χ4v) is 2.97. The predicted molar refractivity (Wildman–Crippen MR) is 91.0 cm³/mol. The Morgan fingerprint density at radius 2 is 2.00 bits per heavy atom. The summed E-state index contributed by atoms with van der Waals surface area (Å²) in [5.74, 6) is 0.0776. The third kappa shape index (κ3) is 5.44. The molecule has 2 rings (SSSR count). The molecule has 0 aromatic heterocycles. The monoisotopic (exact) mass is 334 g/mol. The summed E-state index contributed by atoms with van der Waals surface area (Å²) in [6.07, 6.45) is 0.00204. The van der Waals surface area contributed by atoms with Crippen LogP contribution in [-0.2, 0) is 11.2 Å². The second-order valence-electron chi connectivity index (χ2n) is 7.22. The minimum atomic E-state index is -1.04. The first-order valence-electron chi connectivity index (χ1n) is 8.26. The van der Waals surface area contributed by atoms with Gasteiger partial charge in [0.1, 0.15) is 5.60 Å². The fraction of sp³-hybridized carbons (Fsp3) is 0.556. The Hall–Kier alpha value is -2.24. The van der Waals surface area contributed by atoms with Crippen LogP contribution in [0.4, 0.5) is 9.59 Å². The molecule has 2 unspecified atom stereocenters. The number of hydrogen-bond donors (Lipinski definition) is 2. The first-order valence-corrected chi connectivity index (χ1v) is 8.26. The van der Waals surface area contributed by atoms with Crippen molar-refractivity contribution in [3.05, 3.63) is 35.9 Å². The van der Waals surface area contributed by atoms with Crippen molar-refractivity contribution in [1.82, 2.24) is 10.2 Å². The van der Waals surface area contributed by atoms with E-state index in [0.717, 1.165) is 12.0 Å². The summed E-state index contributed by atoms with van der Waals surface area (Å²) in [5.41, 5.74) is 0.546. The van der Waals surface area contributed by atoms with Crippen molar-refractivity contribution in [3.8, 4) is 0 Å². The molecule has 2 atom stereocenters. The van der Waals surface area contributed by atoms with Crippen LogP contribution in [0, 0.1) is 5.92 Å². The van der Waals surface area contributed by atoms with Gasteiger partial charge in [-0.3, -0.25) is 0 Å². The molecule has 2 N–H and O–H groups in total. The van der Waals surface area contributed by atoms with Gasteiger partial charge in [-0.2, -0.15) is 0 Å². The van der Waals surface area contributed by atoms with E-state index in [1.807, 2.05) is 51.1 Å². The minimum absolute atomic E-state index is 0.0776. The van der Waals surface area contributed by atoms with Crippen molar-refractivity contribution in [1.29, 1.82) is 0 Å². The molecule has 0 aliphatic carbocycles. The number of ether oxygens (including phenoxy) is 1. The molecule has 0 spiro atoms. The molecule has 6 nitrogen and oxygen atoms in total. The van der Waals surface area contributed by atoms with Gasteiger partial charge in [-0.05, 0) is 45.1 Å². The average Bonchev–Trinajstić information content (AvgIpc) is 2.95. The van der Waals surface area contributed by atoms with Crippen LogP contribution in [0.5, 0.6) is 0 Å². The van der Waals surface area contributed by atoms with Crippen LogP contribution in [0.15, 0.2) is 30.3 Å². The largest absolute Gasteiger partial charge is 0.465 e. The number of carbonyl (C=O) groups excluding carboxylic acids is 1. The SMILES string of the molecule is CC(C)(C)OC(=O)N1CCC(C(Cc2ccccc2)NC(=O)O)C1. The van der Waals surface area contributed by atoms with Crippen LogP contribution < -0.4 is 5.32 Å². The van der Waals surface area contributed by atoms with E-state index in [9.17, 15) is 9.59 Å². The lowest BCUT2D eigenvalue weighted by Gasteiger charge is -2.26. The summed E-state index contributed by atoms with van der Waals surface area (Å²) in [6, 6.07) is 9.55. The standard InChI is InChI=1S/C18H26N2O4/c1-18(2,3)24-17(23)20-10-9-14(12-20)15(19-16(21)22)11-13-7-5-4-6-8-13/h4-8,14-15,19H,9-12H2,1-3H3,(H,21,22). The highest BCUT2D eigenvalue weighted by Crippen LogP contribution is 2.24. The lowest BCUT2D eigenvalue weighted by Crippen LogP contribution is -2.43. The number of likely N-dealkylation sites (tertiary alicyclic amines) is 1. The summed E-state index contributed by atoms with van der Waals surface area (Å²) in [6.45, 7) is 6.60. The summed E-state index contributed by atoms with van der Waals surface area (Å²) >= 11 is 0. The van der Waals surface area contributed by atoms with Crippen molar-refractivity contribution < 1.29 is 19.4 Å². The Morgan fingerprint density at radius 3 is 2.58 bits per heavy atom. The number of carboxylic acid groups (broad SMARTS) is 1. The molecule has 1 fully saturated rings. The maximum Gasteiger partial charge on any atom is 0.410 e. The van der Waals surface area contributed by atoms with Gasteiger partial charge >= 0.3 is 12.2 Å². The Kier molecular flexibility index (Phi) is 5.70. The van der Waals surface area contributed by atoms with Gasteiger partial charge in [0.2, 0.25) is 0 Å². The highest BCUT2D eigenvalue weighted by molar-refractivity contribution is 5.68. The highest BCUT2D eigenvalue weighted by atomic mass is 16.6. The van der Waals surface area contributed by atoms with E-state index in [1.54, 1.807) is 4.90 Å². The van der Waals surface area contributed by atoms with E-state index >= 15 is 0 Å². The summed E-state index contributed by atoms with van der Waals surface area (Å²) in [7, 11) is 0. The van der Waals surface area contributed by atoms with Crippen LogP contribution in [0.3, 0.4) is 0 Å². The van der Waals surface area contributed by atoms with Crippen LogP contribution in [0.2, 0.25) is 0 Å². The number of amides is 2. The zero-order valence-electron chi connectivity index (χ0n) is 14.5. The average molecular weight is 334 g/mol. The van der Waals surface area contributed by atoms with Gasteiger partial charge in [-0.15, -0.1) is 0 Å². The van der Waals surface area contributed by atoms with Crippen molar-refractivity contribution in [2.75, 3.05) is 13.1 Å². The molecule has 0 bridgehead atoms. The summed E-state index contributed by atoms with van der Waals surface area (Å²) < 4.78 is 5.40. The molecule has 1 aliphatic heterocycles. The highest BCUT2D eigenvalue weighted by Gasteiger charge is 2.34. The lowest BCUT2D eigenvalue weighted by molar-refractivity contribution is 0.0286. The topological polar surface area (TPSA) is 78.9 Å². The van der Waals surface area contributed by atoms with Crippen LogP contribution in [-0.4, -0.2) is 46.9 Å². The summed E-state index contributed by atoms with van der Waals surface area (Å²) in [4.78, 5) is 25.0. The molecule has 2 amide bonds. The molecular weight excluding hydrogens is 308 g/mol. The number of hydrogen-bond acceptors (Lipinski definition) is 3. The smallest absolute Gasteiger partial charge is 0.410 e. The number of rotatable bonds is 4. The van der Waals surface area contributed by atoms with Crippen LogP contribution in [0.25, 0.3) is 0 Å². The second kappa shape index (κ2) is 7.55. The Balaban J connectivity index is 2.00. The molecular formula is C18H26N2O4. The third-order valence-corrected chi connectivity index (χ3v) is 4.05. The number of carbonyl (C=O) groups is 2. The first kappa shape index (κ1) is 18.1. The molecule has 1 aromatic carbocycles. The van der Waals surface area contributed by atoms with E-state index in [2.05, 4.69) is 5.32 Å². The van der Waals surface area contributed by atoms with Gasteiger partial charge in [-0.1, -0.05) is 30.3 Å². The number of benzene rings is 1. The van der Waals surface area contributed by atoms with Gasteiger partial charge in [0.25, 0.3) is 0 Å². The predicted octanol–water partition coefficient (Wildman–Crippen LogP) is 3.12. The molecule has 6 heteroatoms. The van der Waals surface area contributed by atoms with Gasteiger partial charge in [-0.25, -0.2) is 9.59 Å². The van der Waals surface area contributed by atoms with E-state index in [1.165, 1.54) is 0 Å². The molecule has 0 saturated carbocycles. The molecule has 1 saturated heterocycles. The molecule has 1 heterocycles. The fourth-order valence-electron chi connectivity index (χ4n) is 2.97. The van der Waals surface area contributed by atoms with E-state index in [0.29, 0.717) is 19.5 Å². The van der Waals surface area contributed by atoms with Gasteiger partial charge in [0.05, 0.1) is 0 Å². The Morgan fingerprint density at radius 1 is 1.33 bits per heavy atom. The second-order valence-corrected chi connectivity index (χ2v) is 7.22. The van der Waals surface area contributed by atoms with Crippen LogP contribution >= 0.6 is 0 Å². The van der Waals surface area contributed by atoms with Crippen molar-refractivity contribution in [2.24, 2.45) is 5.92 Å². The lowest BCUT2D eigenvalue weighted by atomic mass is 9.93. The Labute approximate surface area is 142 Å². The maximum absolute atomic E-state index is 12.2. The van der Waals surface area contributed by atoms with Gasteiger partial charge in [0, 0.05) is 19.1 Å². The van der Waals surface area contributed by atoms with Crippen LogP contribution in [0.1, 0.15) is 32.8 Å². The Bertz CT molecular complexity index is 568. The zero-order valence-corrected chi connectivity index (χ0v) is 14.5. The number of nitrogens with one attached hydrogen (secondary N) is 1. The van der Waals surface area contributed by atoms with Gasteiger partial charge < -0.3 is 20.1 Å². The number of nitrogens with zero attached hydrogens (tertiary/aromatic N) is 1. The first-order chi connectivity index (χ1) is 11.2. The van der Waals surface area contributed by atoms with E-state index in [4.69, 9.17) is 9.84 Å². The normalized spacial score (nSPS) is 19.0. The molecule has 0 radical (unpaired) electrons. The summed E-state index contributed by atoms with van der Waals surface area (Å²) in [5, 5.41) is 11.7. The molecule has 24 heavy (non-hydrogen) atoms. The molecule has 1 aromatic rings. The minimum Gasteiger partial charge on any atom is -0.465 e. The van der Waals surface area contributed by atoms with Crippen molar-refractivity contribution >= 4 is 12.2 Å². The molecule has 132 valence electrons. The quantitative estimate of drug-likeness (QED) is 0.887. The molecule has 1 aliphatic rings. The van der Waals surface area contributed by atoms with Crippen molar-refractivity contribution in [2.45, 2.75) is 45.3 Å². The van der Waals surface area contributed by atoms with E-state index < -0.39 is 11.7 Å². The van der Waals surface area contributed by atoms with Crippen molar-refractivity contribution in [3.63, 3.8) is 0 Å². The maximum atomic E-state index is 12.2.